The van der Waals surface area contributed by atoms with Crippen molar-refractivity contribution < 1.29 is 4.79 Å². The molecule has 3 rings (SSSR count). The van der Waals surface area contributed by atoms with Crippen LogP contribution in [-0.2, 0) is 4.79 Å². The van der Waals surface area contributed by atoms with Crippen LogP contribution in [0.5, 0.6) is 0 Å². The van der Waals surface area contributed by atoms with Gasteiger partial charge in [-0.15, -0.1) is 11.3 Å². The molecule has 2 aliphatic rings. The molecule has 4 nitrogen and oxygen atoms in total. The SMILES string of the molecule is CN(C)CCN1C(=O)C2(CCCC2)NC1c1cccs1. The summed E-state index contributed by atoms with van der Waals surface area (Å²) < 4.78 is 0. The molecular formula is C15H23N3OS. The molecular weight excluding hydrogens is 270 g/mol. The summed E-state index contributed by atoms with van der Waals surface area (Å²) in [4.78, 5) is 18.3. The van der Waals surface area contributed by atoms with Gasteiger partial charge in [0, 0.05) is 18.0 Å². The van der Waals surface area contributed by atoms with E-state index in [1.165, 1.54) is 4.88 Å². The Morgan fingerprint density at radius 1 is 1.45 bits per heavy atom. The van der Waals surface area contributed by atoms with E-state index in [9.17, 15) is 4.79 Å². The number of hydrogen-bond acceptors (Lipinski definition) is 4. The van der Waals surface area contributed by atoms with Crippen LogP contribution in [0.25, 0.3) is 0 Å². The Labute approximate surface area is 124 Å². The zero-order valence-corrected chi connectivity index (χ0v) is 13.1. The van der Waals surface area contributed by atoms with Crippen molar-refractivity contribution in [3.8, 4) is 0 Å². The summed E-state index contributed by atoms with van der Waals surface area (Å²) in [5, 5.41) is 5.75. The van der Waals surface area contributed by atoms with Gasteiger partial charge < -0.3 is 9.80 Å². The second-order valence-electron chi connectivity index (χ2n) is 6.15. The van der Waals surface area contributed by atoms with E-state index in [-0.39, 0.29) is 11.7 Å². The van der Waals surface area contributed by atoms with Gasteiger partial charge in [-0.05, 0) is 38.4 Å². The number of carbonyl (C=O) groups excluding carboxylic acids is 1. The first kappa shape index (κ1) is 14.0. The zero-order valence-electron chi connectivity index (χ0n) is 12.3. The van der Waals surface area contributed by atoms with Crippen molar-refractivity contribution in [3.05, 3.63) is 22.4 Å². The van der Waals surface area contributed by atoms with Crippen molar-refractivity contribution in [2.45, 2.75) is 37.4 Å². The van der Waals surface area contributed by atoms with Crippen LogP contribution in [-0.4, -0.2) is 48.4 Å². The summed E-state index contributed by atoms with van der Waals surface area (Å²) in [6.07, 6.45) is 4.38. The van der Waals surface area contributed by atoms with Crippen LogP contribution in [0.2, 0.25) is 0 Å². The van der Waals surface area contributed by atoms with Gasteiger partial charge in [0.25, 0.3) is 0 Å². The highest BCUT2D eigenvalue weighted by molar-refractivity contribution is 7.10. The van der Waals surface area contributed by atoms with Crippen LogP contribution < -0.4 is 5.32 Å². The highest BCUT2D eigenvalue weighted by Gasteiger charge is 2.52. The normalized spacial score (nSPS) is 25.2. The first-order chi connectivity index (χ1) is 9.62. The number of likely N-dealkylation sites (N-methyl/N-ethyl adjacent to an activating group) is 1. The van der Waals surface area contributed by atoms with Crippen molar-refractivity contribution in [1.29, 1.82) is 0 Å². The third-order valence-corrected chi connectivity index (χ3v) is 5.38. The molecule has 1 aliphatic carbocycles. The number of rotatable bonds is 4. The third kappa shape index (κ3) is 2.38. The Morgan fingerprint density at radius 3 is 2.80 bits per heavy atom. The highest BCUT2D eigenvalue weighted by atomic mass is 32.1. The highest BCUT2D eigenvalue weighted by Crippen LogP contribution is 2.41. The Kier molecular flexibility index (Phi) is 3.84. The minimum atomic E-state index is -0.277. The molecule has 1 aliphatic heterocycles. The van der Waals surface area contributed by atoms with Crippen LogP contribution in [0, 0.1) is 0 Å². The van der Waals surface area contributed by atoms with E-state index in [0.717, 1.165) is 38.8 Å². The molecule has 1 saturated heterocycles. The van der Waals surface area contributed by atoms with Gasteiger partial charge in [-0.2, -0.15) is 0 Å². The molecule has 1 saturated carbocycles. The van der Waals surface area contributed by atoms with Crippen molar-refractivity contribution in [3.63, 3.8) is 0 Å². The van der Waals surface area contributed by atoms with E-state index >= 15 is 0 Å². The average Bonchev–Trinajstić information content (AvgIpc) is 3.13. The molecule has 2 heterocycles. The summed E-state index contributed by atoms with van der Waals surface area (Å²) in [6, 6.07) is 4.20. The zero-order chi connectivity index (χ0) is 14.2. The Balaban J connectivity index is 1.84. The van der Waals surface area contributed by atoms with E-state index in [0.29, 0.717) is 5.91 Å². The predicted octanol–water partition coefficient (Wildman–Crippen LogP) is 2.05. The molecule has 1 unspecified atom stereocenters. The quantitative estimate of drug-likeness (QED) is 0.923. The van der Waals surface area contributed by atoms with Crippen molar-refractivity contribution in [1.82, 2.24) is 15.1 Å². The minimum Gasteiger partial charge on any atom is -0.319 e. The number of carbonyl (C=O) groups is 1. The maximum Gasteiger partial charge on any atom is 0.244 e. The van der Waals surface area contributed by atoms with Gasteiger partial charge in [0.2, 0.25) is 5.91 Å². The molecule has 1 amide bonds. The summed E-state index contributed by atoms with van der Waals surface area (Å²) in [5.74, 6) is 0.315. The lowest BCUT2D eigenvalue weighted by Gasteiger charge is -2.25. The smallest absolute Gasteiger partial charge is 0.244 e. The van der Waals surface area contributed by atoms with E-state index in [1.54, 1.807) is 11.3 Å². The molecule has 5 heteroatoms. The van der Waals surface area contributed by atoms with Crippen LogP contribution in [0.4, 0.5) is 0 Å². The van der Waals surface area contributed by atoms with Gasteiger partial charge >= 0.3 is 0 Å². The van der Waals surface area contributed by atoms with Crippen LogP contribution >= 0.6 is 11.3 Å². The van der Waals surface area contributed by atoms with Gasteiger partial charge in [-0.3, -0.25) is 10.1 Å². The number of nitrogens with zero attached hydrogens (tertiary/aromatic N) is 2. The lowest BCUT2D eigenvalue weighted by molar-refractivity contribution is -0.133. The molecule has 2 fully saturated rings. The van der Waals surface area contributed by atoms with Gasteiger partial charge in [0.1, 0.15) is 6.17 Å². The monoisotopic (exact) mass is 293 g/mol. The van der Waals surface area contributed by atoms with Crippen molar-refractivity contribution >= 4 is 17.2 Å². The second kappa shape index (κ2) is 5.47. The molecule has 1 N–H and O–H groups in total. The Hall–Kier alpha value is -0.910. The molecule has 1 spiro atoms. The summed E-state index contributed by atoms with van der Waals surface area (Å²) >= 11 is 1.73. The maximum absolute atomic E-state index is 12.9. The van der Waals surface area contributed by atoms with Crippen molar-refractivity contribution in [2.75, 3.05) is 27.2 Å². The molecule has 1 aromatic rings. The Bertz CT molecular complexity index is 465. The molecule has 20 heavy (non-hydrogen) atoms. The fourth-order valence-corrected chi connectivity index (χ4v) is 4.13. The standard InChI is InChI=1S/C15H23N3OS/c1-17(2)9-10-18-13(12-6-5-11-20-12)16-15(14(18)19)7-3-4-8-15/h5-6,11,13,16H,3-4,7-10H2,1-2H3. The van der Waals surface area contributed by atoms with Crippen LogP contribution in [0.3, 0.4) is 0 Å². The number of hydrogen-bond donors (Lipinski definition) is 1. The van der Waals surface area contributed by atoms with E-state index in [1.807, 2.05) is 0 Å². The fourth-order valence-electron chi connectivity index (χ4n) is 3.34. The van der Waals surface area contributed by atoms with Crippen LogP contribution in [0.15, 0.2) is 17.5 Å². The Morgan fingerprint density at radius 2 is 2.20 bits per heavy atom. The van der Waals surface area contributed by atoms with Gasteiger partial charge in [0.05, 0.1) is 5.54 Å². The molecule has 110 valence electrons. The average molecular weight is 293 g/mol. The van der Waals surface area contributed by atoms with Gasteiger partial charge in [-0.25, -0.2) is 0 Å². The van der Waals surface area contributed by atoms with Gasteiger partial charge in [0.15, 0.2) is 0 Å². The lowest BCUT2D eigenvalue weighted by atomic mass is 9.98. The number of thiophene rings is 1. The van der Waals surface area contributed by atoms with Crippen molar-refractivity contribution in [2.24, 2.45) is 0 Å². The molecule has 0 radical (unpaired) electrons. The molecule has 0 aromatic carbocycles. The summed E-state index contributed by atoms with van der Waals surface area (Å²) in [7, 11) is 4.11. The van der Waals surface area contributed by atoms with Gasteiger partial charge in [-0.1, -0.05) is 18.9 Å². The van der Waals surface area contributed by atoms with E-state index in [4.69, 9.17) is 0 Å². The van der Waals surface area contributed by atoms with E-state index in [2.05, 4.69) is 46.7 Å². The first-order valence-electron chi connectivity index (χ1n) is 7.39. The second-order valence-corrected chi connectivity index (χ2v) is 7.13. The maximum atomic E-state index is 12.9. The van der Waals surface area contributed by atoms with Crippen LogP contribution in [0.1, 0.15) is 36.7 Å². The van der Waals surface area contributed by atoms with E-state index < -0.39 is 0 Å². The molecule has 1 aromatic heterocycles. The predicted molar refractivity (Wildman–Crippen MR) is 81.7 cm³/mol. The summed E-state index contributed by atoms with van der Waals surface area (Å²) in [6.45, 7) is 1.70. The summed E-state index contributed by atoms with van der Waals surface area (Å²) in [5.41, 5.74) is -0.277. The molecule has 0 bridgehead atoms. The number of amides is 1. The topological polar surface area (TPSA) is 35.6 Å². The number of nitrogens with one attached hydrogen (secondary N) is 1. The lowest BCUT2D eigenvalue weighted by Crippen LogP contribution is -2.44. The molecule has 1 atom stereocenters. The first-order valence-corrected chi connectivity index (χ1v) is 8.27. The third-order valence-electron chi connectivity index (χ3n) is 4.45. The minimum absolute atomic E-state index is 0.0700. The largest absolute Gasteiger partial charge is 0.319 e. The fraction of sp³-hybridized carbons (Fsp3) is 0.667.